The molecule has 2 amide bonds. The summed E-state index contributed by atoms with van der Waals surface area (Å²) >= 11 is 0. The third-order valence-corrected chi connectivity index (χ3v) is 13.3. The Bertz CT molecular complexity index is 1550. The third-order valence-electron chi connectivity index (χ3n) is 8.79. The number of nitrogens with one attached hydrogen (secondary N) is 2. The molecule has 0 aliphatic heterocycles. The van der Waals surface area contributed by atoms with E-state index in [4.69, 9.17) is 9.16 Å². The summed E-state index contributed by atoms with van der Waals surface area (Å²) in [6, 6.07) is 30.5. The zero-order valence-electron chi connectivity index (χ0n) is 28.0. The minimum absolute atomic E-state index is 0.120. The molecular formula is C38H47N3O5Si. The van der Waals surface area contributed by atoms with Crippen LogP contribution in [0.15, 0.2) is 109 Å². The number of hydrogen-bond acceptors (Lipinski definition) is 5. The van der Waals surface area contributed by atoms with E-state index in [0.717, 1.165) is 27.8 Å². The fourth-order valence-corrected chi connectivity index (χ4v) is 6.58. The molecule has 0 bridgehead atoms. The second-order valence-electron chi connectivity index (χ2n) is 13.4. The Morgan fingerprint density at radius 1 is 0.787 bits per heavy atom. The van der Waals surface area contributed by atoms with Crippen molar-refractivity contribution in [1.29, 1.82) is 0 Å². The molecule has 4 rings (SSSR count). The van der Waals surface area contributed by atoms with Crippen LogP contribution in [0.2, 0.25) is 18.1 Å². The first-order chi connectivity index (χ1) is 22.4. The summed E-state index contributed by atoms with van der Waals surface area (Å²) in [5, 5.41) is 15.7. The predicted molar refractivity (Wildman–Crippen MR) is 189 cm³/mol. The van der Waals surface area contributed by atoms with Gasteiger partial charge in [0.15, 0.2) is 8.32 Å². The number of carboxylic acid groups (broad SMARTS) is 1. The van der Waals surface area contributed by atoms with Gasteiger partial charge in [-0.1, -0.05) is 112 Å². The van der Waals surface area contributed by atoms with E-state index in [0.29, 0.717) is 19.3 Å². The number of carbonyl (C=O) groups is 2. The fourth-order valence-electron chi connectivity index (χ4n) is 5.21. The molecule has 0 saturated carbocycles. The minimum Gasteiger partial charge on any atom is -0.465 e. The van der Waals surface area contributed by atoms with E-state index in [1.54, 1.807) is 6.20 Å². The summed E-state index contributed by atoms with van der Waals surface area (Å²) in [5.41, 5.74) is 4.96. The summed E-state index contributed by atoms with van der Waals surface area (Å²) in [4.78, 5) is 29.6. The first kappa shape index (κ1) is 35.4. The van der Waals surface area contributed by atoms with Crippen molar-refractivity contribution in [2.45, 2.75) is 83.0 Å². The summed E-state index contributed by atoms with van der Waals surface area (Å²) in [6.45, 7) is 10.9. The lowest BCUT2D eigenvalue weighted by atomic mass is 9.93. The molecule has 0 saturated heterocycles. The molecule has 4 aromatic rings. The van der Waals surface area contributed by atoms with Crippen molar-refractivity contribution in [2.24, 2.45) is 0 Å². The molecule has 0 fully saturated rings. The van der Waals surface area contributed by atoms with Gasteiger partial charge in [0.1, 0.15) is 6.61 Å². The molecule has 248 valence electrons. The number of nitrogens with zero attached hydrogens (tertiary/aromatic N) is 1. The molecule has 1 heterocycles. The molecule has 0 unspecified atom stereocenters. The maximum absolute atomic E-state index is 13.2. The number of rotatable bonds is 14. The number of hydrogen-bond donors (Lipinski definition) is 3. The van der Waals surface area contributed by atoms with Crippen molar-refractivity contribution < 1.29 is 23.9 Å². The molecule has 47 heavy (non-hydrogen) atoms. The molecule has 0 radical (unpaired) electrons. The first-order valence-corrected chi connectivity index (χ1v) is 19.0. The summed E-state index contributed by atoms with van der Waals surface area (Å²) in [7, 11) is -2.38. The highest BCUT2D eigenvalue weighted by molar-refractivity contribution is 6.74. The first-order valence-electron chi connectivity index (χ1n) is 16.1. The van der Waals surface area contributed by atoms with Gasteiger partial charge in [0, 0.05) is 18.4 Å². The van der Waals surface area contributed by atoms with Crippen LogP contribution < -0.4 is 10.6 Å². The van der Waals surface area contributed by atoms with E-state index in [9.17, 15) is 14.7 Å². The molecule has 3 N–H and O–H groups in total. The van der Waals surface area contributed by atoms with Gasteiger partial charge in [-0.25, -0.2) is 9.59 Å². The summed E-state index contributed by atoms with van der Waals surface area (Å²) < 4.78 is 12.6. The van der Waals surface area contributed by atoms with Gasteiger partial charge < -0.3 is 24.9 Å². The van der Waals surface area contributed by atoms with Gasteiger partial charge in [-0.2, -0.15) is 0 Å². The van der Waals surface area contributed by atoms with Crippen molar-refractivity contribution in [2.75, 3.05) is 0 Å². The number of pyridine rings is 1. The van der Waals surface area contributed by atoms with Gasteiger partial charge >= 0.3 is 12.2 Å². The Hall–Kier alpha value is -4.47. The second kappa shape index (κ2) is 16.4. The molecule has 1 aromatic heterocycles. The third kappa shape index (κ3) is 11.1. The molecule has 3 aromatic carbocycles. The maximum atomic E-state index is 13.2. The van der Waals surface area contributed by atoms with Crippen molar-refractivity contribution in [3.63, 3.8) is 0 Å². The highest BCUT2D eigenvalue weighted by Crippen LogP contribution is 2.38. The summed E-state index contributed by atoms with van der Waals surface area (Å²) in [6.07, 6.45) is 2.70. The largest absolute Gasteiger partial charge is 0.465 e. The minimum atomic E-state index is -2.38. The van der Waals surface area contributed by atoms with Crippen LogP contribution in [0.25, 0.3) is 11.1 Å². The van der Waals surface area contributed by atoms with E-state index in [1.165, 1.54) is 0 Å². The average molecular weight is 654 g/mol. The van der Waals surface area contributed by atoms with E-state index in [-0.39, 0.29) is 11.6 Å². The van der Waals surface area contributed by atoms with Crippen LogP contribution >= 0.6 is 0 Å². The second-order valence-corrected chi connectivity index (χ2v) is 18.2. The topological polar surface area (TPSA) is 110 Å². The highest BCUT2D eigenvalue weighted by Gasteiger charge is 2.42. The molecule has 0 aliphatic rings. The lowest BCUT2D eigenvalue weighted by molar-refractivity contribution is 0.102. The van der Waals surface area contributed by atoms with E-state index >= 15 is 0 Å². The number of amides is 2. The van der Waals surface area contributed by atoms with Crippen LogP contribution in [0.4, 0.5) is 9.59 Å². The summed E-state index contributed by atoms with van der Waals surface area (Å²) in [5.74, 6) is 0. The van der Waals surface area contributed by atoms with E-state index < -0.39 is 38.7 Å². The average Bonchev–Trinajstić information content (AvgIpc) is 3.04. The number of alkyl carbamates (subject to hydrolysis) is 1. The van der Waals surface area contributed by atoms with Crippen LogP contribution in [0.3, 0.4) is 0 Å². The van der Waals surface area contributed by atoms with Crippen molar-refractivity contribution >= 4 is 20.5 Å². The van der Waals surface area contributed by atoms with Crippen molar-refractivity contribution in [3.05, 3.63) is 126 Å². The Morgan fingerprint density at radius 2 is 1.40 bits per heavy atom. The van der Waals surface area contributed by atoms with Gasteiger partial charge in [-0.15, -0.1) is 0 Å². The molecule has 0 spiro atoms. The molecule has 8 nitrogen and oxygen atoms in total. The normalized spacial score (nSPS) is 13.6. The van der Waals surface area contributed by atoms with Gasteiger partial charge in [0.05, 0.1) is 12.1 Å². The zero-order valence-corrected chi connectivity index (χ0v) is 29.0. The van der Waals surface area contributed by atoms with Crippen molar-refractivity contribution in [1.82, 2.24) is 15.6 Å². The number of benzene rings is 3. The Labute approximate surface area is 279 Å². The zero-order chi connectivity index (χ0) is 33.9. The molecule has 3 atom stereocenters. The lowest BCUT2D eigenvalue weighted by Gasteiger charge is -2.42. The van der Waals surface area contributed by atoms with Gasteiger partial charge in [0.2, 0.25) is 0 Å². The Morgan fingerprint density at radius 3 is 1.98 bits per heavy atom. The monoisotopic (exact) mass is 653 g/mol. The Kier molecular flexibility index (Phi) is 12.3. The van der Waals surface area contributed by atoms with E-state index in [1.807, 2.05) is 103 Å². The van der Waals surface area contributed by atoms with E-state index in [2.05, 4.69) is 49.5 Å². The number of carbonyl (C=O) groups excluding carboxylic acids is 1. The molecular weight excluding hydrogens is 607 g/mol. The van der Waals surface area contributed by atoms with Crippen LogP contribution in [0.1, 0.15) is 43.9 Å². The van der Waals surface area contributed by atoms with Crippen LogP contribution in [0.5, 0.6) is 0 Å². The van der Waals surface area contributed by atoms with Gasteiger partial charge in [-0.3, -0.25) is 4.98 Å². The van der Waals surface area contributed by atoms with Crippen LogP contribution in [-0.4, -0.2) is 48.8 Å². The van der Waals surface area contributed by atoms with Crippen LogP contribution in [-0.2, 0) is 28.6 Å². The van der Waals surface area contributed by atoms with Gasteiger partial charge in [0.25, 0.3) is 0 Å². The quantitative estimate of drug-likeness (QED) is 0.118. The standard InChI is InChI=1S/C38H47N3O5Si/c1-38(2,3)47(4,5)46-35(34(41-36(42)43)24-28-13-8-6-9-14-28)25-33(40-37(44)45-27-30-15-10-7-11-16-30)23-29-18-20-31(21-19-29)32-17-12-22-39-26-32/h6-22,26,33-35,41H,23-25,27H2,1-5H3,(H,40,44)(H,42,43)/t33-,34-,35+/m0/s1. The van der Waals surface area contributed by atoms with Crippen LogP contribution in [0, 0.1) is 0 Å². The smallest absolute Gasteiger partial charge is 0.407 e. The fraction of sp³-hybridized carbons (Fsp3) is 0.342. The maximum Gasteiger partial charge on any atom is 0.407 e. The Balaban J connectivity index is 1.64. The molecule has 0 aliphatic carbocycles. The SMILES string of the molecule is CC(C)(C)[Si](C)(C)O[C@H](C[C@H](Cc1ccc(-c2cccnc2)cc1)NC(=O)OCc1ccccc1)[C@H](Cc1ccccc1)NC(=O)O. The predicted octanol–water partition coefficient (Wildman–Crippen LogP) is 8.25. The number of ether oxygens (including phenoxy) is 1. The highest BCUT2D eigenvalue weighted by atomic mass is 28.4. The molecule has 9 heteroatoms. The van der Waals surface area contributed by atoms with Gasteiger partial charge in [-0.05, 0) is 71.3 Å². The lowest BCUT2D eigenvalue weighted by Crippen LogP contribution is -2.54. The number of aromatic nitrogens is 1. The van der Waals surface area contributed by atoms with Crippen molar-refractivity contribution in [3.8, 4) is 11.1 Å².